The van der Waals surface area contributed by atoms with Crippen LogP contribution in [0.5, 0.6) is 0 Å². The Kier molecular flexibility index (Phi) is 5.55. The molecule has 1 amide bonds. The molecule has 3 nitrogen and oxygen atoms in total. The van der Waals surface area contributed by atoms with Gasteiger partial charge in [0.05, 0.1) is 0 Å². The van der Waals surface area contributed by atoms with Crippen molar-refractivity contribution in [3.63, 3.8) is 0 Å². The Balaban J connectivity index is 1.91. The summed E-state index contributed by atoms with van der Waals surface area (Å²) < 4.78 is 1.12. The fraction of sp³-hybridized carbons (Fsp3) is 0.188. The van der Waals surface area contributed by atoms with E-state index in [1.165, 1.54) is 5.56 Å². The molecule has 0 aliphatic rings. The first-order chi connectivity index (χ1) is 9.69. The lowest BCUT2D eigenvalue weighted by Crippen LogP contribution is -2.22. The number of carbonyl (C=O) groups excluding carboxylic acids is 1. The van der Waals surface area contributed by atoms with Crippen LogP contribution in [-0.2, 0) is 13.0 Å². The fourth-order valence-electron chi connectivity index (χ4n) is 1.88. The molecule has 0 radical (unpaired) electrons. The van der Waals surface area contributed by atoms with Gasteiger partial charge in [-0.2, -0.15) is 0 Å². The largest absolute Gasteiger partial charge is 0.348 e. The quantitative estimate of drug-likeness (QED) is 0.784. The van der Waals surface area contributed by atoms with Gasteiger partial charge in [0.15, 0.2) is 0 Å². The van der Waals surface area contributed by atoms with Crippen molar-refractivity contribution < 1.29 is 4.79 Å². The summed E-state index contributed by atoms with van der Waals surface area (Å²) in [5.41, 5.74) is 8.51. The van der Waals surface area contributed by atoms with Crippen LogP contribution >= 0.6 is 22.6 Å². The van der Waals surface area contributed by atoms with Crippen LogP contribution in [0.1, 0.15) is 21.5 Å². The zero-order valence-electron chi connectivity index (χ0n) is 11.1. The Morgan fingerprint density at radius 1 is 1.00 bits per heavy atom. The summed E-state index contributed by atoms with van der Waals surface area (Å²) >= 11 is 2.22. The van der Waals surface area contributed by atoms with E-state index in [2.05, 4.69) is 40.0 Å². The molecule has 4 heteroatoms. The Bertz CT molecular complexity index is 564. The minimum Gasteiger partial charge on any atom is -0.348 e. The number of amides is 1. The van der Waals surface area contributed by atoms with E-state index in [4.69, 9.17) is 5.73 Å². The number of benzene rings is 2. The van der Waals surface area contributed by atoms with E-state index in [1.807, 2.05) is 36.4 Å². The number of nitrogens with two attached hydrogens (primary N) is 1. The molecule has 104 valence electrons. The molecule has 0 aliphatic carbocycles. The van der Waals surface area contributed by atoms with E-state index in [0.717, 1.165) is 15.6 Å². The topological polar surface area (TPSA) is 55.1 Å². The zero-order chi connectivity index (χ0) is 14.4. The van der Waals surface area contributed by atoms with Crippen molar-refractivity contribution in [2.24, 2.45) is 5.73 Å². The summed E-state index contributed by atoms with van der Waals surface area (Å²) in [5, 5.41) is 2.92. The summed E-state index contributed by atoms with van der Waals surface area (Å²) in [6.45, 7) is 1.19. The molecule has 0 aromatic heterocycles. The predicted molar refractivity (Wildman–Crippen MR) is 89.5 cm³/mol. The highest BCUT2D eigenvalue weighted by molar-refractivity contribution is 14.1. The van der Waals surface area contributed by atoms with Crippen molar-refractivity contribution in [3.05, 3.63) is 68.8 Å². The van der Waals surface area contributed by atoms with Crippen LogP contribution in [0.25, 0.3) is 0 Å². The first-order valence-corrected chi connectivity index (χ1v) is 7.58. The average Bonchev–Trinajstić information content (AvgIpc) is 2.47. The summed E-state index contributed by atoms with van der Waals surface area (Å²) in [6.07, 6.45) is 0.884. The lowest BCUT2D eigenvalue weighted by Gasteiger charge is -2.06. The molecule has 0 heterocycles. The number of halogens is 1. The summed E-state index contributed by atoms with van der Waals surface area (Å²) in [6, 6.07) is 15.7. The van der Waals surface area contributed by atoms with Crippen molar-refractivity contribution in [2.75, 3.05) is 6.54 Å². The van der Waals surface area contributed by atoms with Crippen LogP contribution in [0, 0.1) is 3.57 Å². The molecule has 0 saturated heterocycles. The summed E-state index contributed by atoms with van der Waals surface area (Å²) in [4.78, 5) is 12.0. The molecule has 2 rings (SSSR count). The van der Waals surface area contributed by atoms with Gasteiger partial charge in [-0.05, 0) is 70.9 Å². The van der Waals surface area contributed by atoms with E-state index in [9.17, 15) is 4.79 Å². The maximum atomic E-state index is 12.0. The second kappa shape index (κ2) is 7.40. The molecular formula is C16H17IN2O. The van der Waals surface area contributed by atoms with Crippen LogP contribution in [0.4, 0.5) is 0 Å². The van der Waals surface area contributed by atoms with E-state index in [0.29, 0.717) is 18.7 Å². The first kappa shape index (κ1) is 15.0. The van der Waals surface area contributed by atoms with Gasteiger partial charge < -0.3 is 11.1 Å². The van der Waals surface area contributed by atoms with Crippen molar-refractivity contribution in [1.82, 2.24) is 5.32 Å². The molecule has 2 aromatic carbocycles. The molecule has 0 fully saturated rings. The average molecular weight is 380 g/mol. The maximum Gasteiger partial charge on any atom is 0.251 e. The van der Waals surface area contributed by atoms with Gasteiger partial charge in [-0.25, -0.2) is 0 Å². The maximum absolute atomic E-state index is 12.0. The standard InChI is InChI=1S/C16H17IN2O/c17-15-7-5-14(6-8-15)16(20)19-11-13-3-1-12(2-4-13)9-10-18/h1-8H,9-11,18H2,(H,19,20). The third-order valence-corrected chi connectivity index (χ3v) is 3.73. The van der Waals surface area contributed by atoms with Gasteiger partial charge in [-0.15, -0.1) is 0 Å². The zero-order valence-corrected chi connectivity index (χ0v) is 13.3. The molecule has 0 spiro atoms. The van der Waals surface area contributed by atoms with Gasteiger partial charge in [0, 0.05) is 15.7 Å². The SMILES string of the molecule is NCCc1ccc(CNC(=O)c2ccc(I)cc2)cc1. The number of hydrogen-bond donors (Lipinski definition) is 2. The Hall–Kier alpha value is -1.40. The minimum atomic E-state index is -0.0487. The van der Waals surface area contributed by atoms with Crippen molar-refractivity contribution in [2.45, 2.75) is 13.0 Å². The lowest BCUT2D eigenvalue weighted by molar-refractivity contribution is 0.0951. The van der Waals surface area contributed by atoms with Gasteiger partial charge in [0.1, 0.15) is 0 Å². The highest BCUT2D eigenvalue weighted by atomic mass is 127. The fourth-order valence-corrected chi connectivity index (χ4v) is 2.24. The molecule has 0 atom stereocenters. The second-order valence-corrected chi connectivity index (χ2v) is 5.79. The number of rotatable bonds is 5. The summed E-state index contributed by atoms with van der Waals surface area (Å²) in [7, 11) is 0. The Morgan fingerprint density at radius 3 is 2.20 bits per heavy atom. The molecule has 0 saturated carbocycles. The van der Waals surface area contributed by atoms with Gasteiger partial charge in [0.2, 0.25) is 0 Å². The van der Waals surface area contributed by atoms with E-state index < -0.39 is 0 Å². The van der Waals surface area contributed by atoms with Gasteiger partial charge >= 0.3 is 0 Å². The Labute approximate surface area is 132 Å². The molecule has 3 N–H and O–H groups in total. The van der Waals surface area contributed by atoms with Crippen LogP contribution in [0.2, 0.25) is 0 Å². The van der Waals surface area contributed by atoms with Crippen LogP contribution in [0.15, 0.2) is 48.5 Å². The van der Waals surface area contributed by atoms with Crippen LogP contribution in [0.3, 0.4) is 0 Å². The Morgan fingerprint density at radius 2 is 1.60 bits per heavy atom. The molecular weight excluding hydrogens is 363 g/mol. The smallest absolute Gasteiger partial charge is 0.251 e. The number of carbonyl (C=O) groups is 1. The predicted octanol–water partition coefficient (Wildman–Crippen LogP) is 2.72. The third-order valence-electron chi connectivity index (χ3n) is 3.02. The van der Waals surface area contributed by atoms with E-state index in [1.54, 1.807) is 0 Å². The molecule has 2 aromatic rings. The first-order valence-electron chi connectivity index (χ1n) is 6.50. The van der Waals surface area contributed by atoms with Crippen molar-refractivity contribution in [1.29, 1.82) is 0 Å². The molecule has 0 bridgehead atoms. The highest BCUT2D eigenvalue weighted by Gasteiger charge is 2.04. The van der Waals surface area contributed by atoms with E-state index in [-0.39, 0.29) is 5.91 Å². The number of nitrogens with one attached hydrogen (secondary N) is 1. The molecule has 20 heavy (non-hydrogen) atoms. The molecule has 0 unspecified atom stereocenters. The normalized spacial score (nSPS) is 10.3. The van der Waals surface area contributed by atoms with Crippen LogP contribution in [-0.4, -0.2) is 12.5 Å². The van der Waals surface area contributed by atoms with E-state index >= 15 is 0 Å². The van der Waals surface area contributed by atoms with Gasteiger partial charge in [-0.3, -0.25) is 4.79 Å². The molecule has 0 aliphatic heterocycles. The monoisotopic (exact) mass is 380 g/mol. The lowest BCUT2D eigenvalue weighted by atomic mass is 10.1. The van der Waals surface area contributed by atoms with Gasteiger partial charge in [-0.1, -0.05) is 24.3 Å². The second-order valence-electron chi connectivity index (χ2n) is 4.54. The number of hydrogen-bond acceptors (Lipinski definition) is 2. The minimum absolute atomic E-state index is 0.0487. The summed E-state index contributed by atoms with van der Waals surface area (Å²) in [5.74, 6) is -0.0487. The third kappa shape index (κ3) is 4.31. The highest BCUT2D eigenvalue weighted by Crippen LogP contribution is 2.08. The van der Waals surface area contributed by atoms with Gasteiger partial charge in [0.25, 0.3) is 5.91 Å². The van der Waals surface area contributed by atoms with Crippen molar-refractivity contribution in [3.8, 4) is 0 Å². The van der Waals surface area contributed by atoms with Crippen LogP contribution < -0.4 is 11.1 Å². The van der Waals surface area contributed by atoms with Crippen molar-refractivity contribution >= 4 is 28.5 Å².